The van der Waals surface area contributed by atoms with Gasteiger partial charge in [0.05, 0.1) is 0 Å². The molecule has 2 aliphatic carbocycles. The van der Waals surface area contributed by atoms with Gasteiger partial charge in [-0.2, -0.15) is 0 Å². The first-order valence-electron chi connectivity index (χ1n) is 8.50. The van der Waals surface area contributed by atoms with E-state index in [4.69, 9.17) is 0 Å². The van der Waals surface area contributed by atoms with Gasteiger partial charge >= 0.3 is 0 Å². The van der Waals surface area contributed by atoms with Crippen LogP contribution in [0.3, 0.4) is 0 Å². The minimum absolute atomic E-state index is 0. The van der Waals surface area contributed by atoms with Crippen LogP contribution in [-0.2, 0) is 34.7 Å². The van der Waals surface area contributed by atoms with Crippen molar-refractivity contribution in [2.75, 3.05) is 0 Å². The van der Waals surface area contributed by atoms with E-state index in [-0.39, 0.29) is 34.7 Å². The van der Waals surface area contributed by atoms with Crippen molar-refractivity contribution in [1.29, 1.82) is 0 Å². The summed E-state index contributed by atoms with van der Waals surface area (Å²) in [6.07, 6.45) is 0. The predicted octanol–water partition coefficient (Wildman–Crippen LogP) is 10.2. The Bertz CT molecular complexity index is 256. The van der Waals surface area contributed by atoms with E-state index in [2.05, 4.69) is 69.2 Å². The van der Waals surface area contributed by atoms with Gasteiger partial charge in [0.15, 0.2) is 0 Å². The molecule has 27 heavy (non-hydrogen) atoms. The summed E-state index contributed by atoms with van der Waals surface area (Å²) < 4.78 is 0. The maximum atomic E-state index is 2.20. The van der Waals surface area contributed by atoms with E-state index in [9.17, 15) is 0 Å². The summed E-state index contributed by atoms with van der Waals surface area (Å²) in [5.41, 5.74) is 0. The summed E-state index contributed by atoms with van der Waals surface area (Å²) >= 11 is 0. The van der Waals surface area contributed by atoms with Crippen LogP contribution in [0.15, 0.2) is 0 Å². The molecule has 0 aromatic rings. The third-order valence-corrected chi connectivity index (χ3v) is 21.8. The number of rotatable bonds is 0. The van der Waals surface area contributed by atoms with E-state index in [1.165, 1.54) is 59.2 Å². The number of hydrogen-bond acceptors (Lipinski definition) is 0. The van der Waals surface area contributed by atoms with Crippen LogP contribution in [-0.4, -0.2) is 0 Å². The fourth-order valence-corrected chi connectivity index (χ4v) is 24.5. The smallest absolute Gasteiger partial charge is 0 e. The van der Waals surface area contributed by atoms with Gasteiger partial charge in [-0.1, -0.05) is 69.2 Å². The normalized spacial score (nSPS) is 30.0. The summed E-state index contributed by atoms with van der Waals surface area (Å²) in [6, 6.07) is 0. The molecule has 0 unspecified atom stereocenters. The average molecular weight is 529 g/mol. The molecule has 3 rings (SSSR count). The summed E-state index contributed by atoms with van der Waals surface area (Å²) in [7, 11) is 8.06. The summed E-state index contributed by atoms with van der Waals surface area (Å²) in [5, 5.41) is 0. The summed E-state index contributed by atoms with van der Waals surface area (Å²) in [4.78, 5) is 0. The zero-order chi connectivity index (χ0) is 19.3. The Kier molecular flexibility index (Phi) is 19.1. The Balaban J connectivity index is 0. The fraction of sp³-hybridized carbons (Fsp3) is 0.500. The Labute approximate surface area is 201 Å². The molecule has 0 aromatic heterocycles. The molecular formula is C20H30Cr2P5. The number of hydrogen-bond donors (Lipinski definition) is 0. The Morgan fingerprint density at radius 3 is 0.407 bits per heavy atom. The first kappa shape index (κ1) is 32.4. The van der Waals surface area contributed by atoms with E-state index in [1.807, 2.05) is 0 Å². The standard InChI is InChI=1S/2C10H15.2Cr.P5/c2*1-6-7(2)9(4)10(5)8(6)3;;;1-2-4-5-3-1/h2*1-5H3;;;. The molecule has 1 heterocycles. The van der Waals surface area contributed by atoms with Crippen LogP contribution in [0.5, 0.6) is 0 Å². The van der Waals surface area contributed by atoms with Gasteiger partial charge in [0.2, 0.25) is 0 Å². The van der Waals surface area contributed by atoms with Crippen LogP contribution >= 0.6 is 39.8 Å². The molecule has 2 saturated carbocycles. The molecule has 7 heteroatoms. The van der Waals surface area contributed by atoms with E-state index in [0.29, 0.717) is 0 Å². The van der Waals surface area contributed by atoms with Gasteiger partial charge in [-0.25, -0.2) is 0 Å². The van der Waals surface area contributed by atoms with Crippen LogP contribution in [0, 0.1) is 59.2 Å². The van der Waals surface area contributed by atoms with E-state index < -0.39 is 0 Å². The van der Waals surface area contributed by atoms with E-state index >= 15 is 0 Å². The third kappa shape index (κ3) is 9.31. The quantitative estimate of drug-likeness (QED) is 0.274. The summed E-state index contributed by atoms with van der Waals surface area (Å²) in [6.45, 7) is 22.0. The van der Waals surface area contributed by atoms with Crippen molar-refractivity contribution in [3.8, 4) is 0 Å². The van der Waals surface area contributed by atoms with E-state index in [1.54, 1.807) is 39.8 Å². The van der Waals surface area contributed by atoms with Crippen LogP contribution in [0.1, 0.15) is 69.2 Å². The molecule has 0 N–H and O–H groups in total. The van der Waals surface area contributed by atoms with Crippen LogP contribution in [0.2, 0.25) is 0 Å². The molecule has 0 spiro atoms. The van der Waals surface area contributed by atoms with E-state index in [0.717, 1.165) is 0 Å². The Morgan fingerprint density at radius 1 is 0.259 bits per heavy atom. The second-order valence-electron chi connectivity index (χ2n) is 6.70. The van der Waals surface area contributed by atoms with Crippen molar-refractivity contribution in [3.63, 3.8) is 0 Å². The van der Waals surface area contributed by atoms with Crippen molar-refractivity contribution in [2.45, 2.75) is 69.2 Å². The van der Waals surface area contributed by atoms with Crippen LogP contribution < -0.4 is 0 Å². The molecule has 0 nitrogen and oxygen atoms in total. The van der Waals surface area contributed by atoms with Gasteiger partial charge < -0.3 is 0 Å². The molecule has 3 aliphatic rings. The van der Waals surface area contributed by atoms with Gasteiger partial charge in [-0.15, -0.1) is 0 Å². The Morgan fingerprint density at radius 2 is 0.333 bits per heavy atom. The van der Waals surface area contributed by atoms with Crippen LogP contribution in [0.25, 0.3) is 0 Å². The van der Waals surface area contributed by atoms with Crippen molar-refractivity contribution in [1.82, 2.24) is 0 Å². The SMILES string of the molecule is C[C]1[C](C)[C](C)[C](C)[C]1C.C[C]1[C](C)[C](C)[C](C)[C]1C.[Cr].[Cr].[P]1[P][P][P][P]1. The third-order valence-electron chi connectivity index (χ3n) is 5.83. The minimum Gasteiger partial charge on any atom is -0.0579 e. The minimum atomic E-state index is 0. The predicted molar refractivity (Wildman–Crippen MR) is 124 cm³/mol. The second kappa shape index (κ2) is 15.9. The molecule has 0 bridgehead atoms. The molecule has 0 aromatic carbocycles. The molecular weight excluding hydrogens is 499 g/mol. The van der Waals surface area contributed by atoms with Crippen molar-refractivity contribution < 1.29 is 34.7 Å². The molecule has 1 aliphatic heterocycles. The van der Waals surface area contributed by atoms with Gasteiger partial charge in [0, 0.05) is 74.5 Å². The van der Waals surface area contributed by atoms with Gasteiger partial charge in [-0.05, 0) is 59.2 Å². The molecule has 3 fully saturated rings. The van der Waals surface area contributed by atoms with Crippen LogP contribution in [0.4, 0.5) is 0 Å². The first-order valence-corrected chi connectivity index (χ1v) is 16.5. The van der Waals surface area contributed by atoms with Crippen molar-refractivity contribution >= 4 is 39.8 Å². The molecule has 147 valence electrons. The average Bonchev–Trinajstić information content (AvgIpc) is 3.29. The largest absolute Gasteiger partial charge is 0.0579 e. The summed E-state index contributed by atoms with van der Waals surface area (Å²) in [5.74, 6) is 14.7. The molecule has 0 atom stereocenters. The topological polar surface area (TPSA) is 0 Å². The van der Waals surface area contributed by atoms with Gasteiger partial charge in [0.1, 0.15) is 0 Å². The second-order valence-corrected chi connectivity index (χ2v) is 18.3. The molecule has 1 saturated heterocycles. The van der Waals surface area contributed by atoms with Gasteiger partial charge in [-0.3, -0.25) is 0 Å². The zero-order valence-corrected chi connectivity index (χ0v) is 25.1. The van der Waals surface area contributed by atoms with Gasteiger partial charge in [0.25, 0.3) is 0 Å². The first-order chi connectivity index (χ1) is 11.6. The monoisotopic (exact) mass is 529 g/mol. The fourth-order valence-electron chi connectivity index (χ4n) is 2.90. The Hall–Kier alpha value is 3.21. The van der Waals surface area contributed by atoms with Crippen molar-refractivity contribution in [3.05, 3.63) is 59.2 Å². The molecule has 15 radical (unpaired) electrons. The molecule has 0 amide bonds. The maximum absolute atomic E-state index is 2.20. The van der Waals surface area contributed by atoms with Crippen molar-refractivity contribution in [2.24, 2.45) is 0 Å². The maximum Gasteiger partial charge on any atom is 0 e. The zero-order valence-electron chi connectivity index (χ0n) is 18.1.